The van der Waals surface area contributed by atoms with Gasteiger partial charge in [0.2, 0.25) is 23.6 Å². The van der Waals surface area contributed by atoms with E-state index in [4.69, 9.17) is 4.74 Å². The van der Waals surface area contributed by atoms with Gasteiger partial charge in [-0.2, -0.15) is 0 Å². The van der Waals surface area contributed by atoms with E-state index in [9.17, 15) is 29.1 Å². The number of benzene rings is 2. The molecule has 1 spiro atoms. The van der Waals surface area contributed by atoms with Crippen LogP contribution >= 0.6 is 0 Å². The second-order valence-corrected chi connectivity index (χ2v) is 12.8. The molecule has 266 valence electrons. The highest BCUT2D eigenvalue weighted by Crippen LogP contribution is 2.36. The molecule has 5 rings (SSSR count). The van der Waals surface area contributed by atoms with Crippen molar-refractivity contribution in [2.24, 2.45) is 0 Å². The fraction of sp³-hybridized carbons (Fsp3) is 0.457. The quantitative estimate of drug-likeness (QED) is 0.220. The lowest BCUT2D eigenvalue weighted by Crippen LogP contribution is -2.61. The number of aliphatic hydroxyl groups is 1. The molecular weight excluding hydrogens is 644 g/mol. The van der Waals surface area contributed by atoms with Crippen LogP contribution in [0.2, 0.25) is 0 Å². The lowest BCUT2D eigenvalue weighted by molar-refractivity contribution is -0.136. The third-order valence-corrected chi connectivity index (χ3v) is 8.77. The molecule has 15 heteroatoms. The number of nitrogens with zero attached hydrogens (tertiary/aromatic N) is 3. The van der Waals surface area contributed by atoms with Gasteiger partial charge in [0.15, 0.2) is 0 Å². The summed E-state index contributed by atoms with van der Waals surface area (Å²) >= 11 is 0. The molecule has 4 bridgehead atoms. The van der Waals surface area contributed by atoms with Gasteiger partial charge in [-0.05, 0) is 56.4 Å². The average Bonchev–Trinajstić information content (AvgIpc) is 3.74. The maximum Gasteiger partial charge on any atom is 0.252 e. The van der Waals surface area contributed by atoms with Crippen molar-refractivity contribution in [2.75, 3.05) is 6.61 Å². The number of carbonyl (C=O) groups is 5. The van der Waals surface area contributed by atoms with Crippen molar-refractivity contribution in [1.29, 1.82) is 0 Å². The third kappa shape index (κ3) is 9.02. The van der Waals surface area contributed by atoms with E-state index in [1.165, 1.54) is 6.92 Å². The first-order valence-electron chi connectivity index (χ1n) is 16.8. The summed E-state index contributed by atoms with van der Waals surface area (Å²) in [5, 5.41) is 32.5. The van der Waals surface area contributed by atoms with Gasteiger partial charge >= 0.3 is 0 Å². The van der Waals surface area contributed by atoms with E-state index < -0.39 is 59.3 Å². The van der Waals surface area contributed by atoms with Crippen LogP contribution < -0.4 is 31.3 Å². The van der Waals surface area contributed by atoms with Gasteiger partial charge in [0.1, 0.15) is 41.7 Å². The van der Waals surface area contributed by atoms with Crippen molar-refractivity contribution in [1.82, 2.24) is 41.6 Å². The van der Waals surface area contributed by atoms with Crippen molar-refractivity contribution in [3.05, 3.63) is 77.1 Å². The molecule has 1 aliphatic heterocycles. The maximum absolute atomic E-state index is 13.6. The normalized spacial score (nSPS) is 22.5. The first kappa shape index (κ1) is 36.0. The van der Waals surface area contributed by atoms with E-state index in [1.54, 1.807) is 29.1 Å². The van der Waals surface area contributed by atoms with Gasteiger partial charge in [-0.1, -0.05) is 55.0 Å². The fourth-order valence-electron chi connectivity index (χ4n) is 5.64. The van der Waals surface area contributed by atoms with Crippen LogP contribution in [0.4, 0.5) is 0 Å². The fourth-order valence-corrected chi connectivity index (χ4v) is 5.64. The van der Waals surface area contributed by atoms with Gasteiger partial charge < -0.3 is 36.4 Å². The van der Waals surface area contributed by atoms with Crippen molar-refractivity contribution < 1.29 is 33.8 Å². The van der Waals surface area contributed by atoms with Gasteiger partial charge in [-0.3, -0.25) is 24.0 Å². The SMILES string of the molecule is CCC[C@@H]1NC(=O)c2ccc(C)c(c2)OCCn2cc(nn2)CNC(=O)[C@H](Cc2ccccc2)NC(=O)[C@H]([C@@H](C)O)NC(=O)C2(CC2)NC1=O. The lowest BCUT2D eigenvalue weighted by atomic mass is 10.0. The number of aliphatic hydroxyl groups excluding tert-OH is 1. The zero-order valence-electron chi connectivity index (χ0n) is 28.4. The molecule has 50 heavy (non-hydrogen) atoms. The molecule has 5 amide bonds. The molecule has 1 aliphatic carbocycles. The molecule has 3 aromatic rings. The second-order valence-electron chi connectivity index (χ2n) is 12.8. The lowest BCUT2D eigenvalue weighted by Gasteiger charge is -2.27. The Kier molecular flexibility index (Phi) is 11.5. The Balaban J connectivity index is 1.42. The Bertz CT molecular complexity index is 1710. The molecule has 1 aromatic heterocycles. The van der Waals surface area contributed by atoms with Crippen LogP contribution in [0.25, 0.3) is 0 Å². The predicted molar refractivity (Wildman–Crippen MR) is 181 cm³/mol. The number of hydrogen-bond donors (Lipinski definition) is 6. The summed E-state index contributed by atoms with van der Waals surface area (Å²) in [5.41, 5.74) is 1.03. The first-order valence-corrected chi connectivity index (χ1v) is 16.8. The summed E-state index contributed by atoms with van der Waals surface area (Å²) < 4.78 is 7.54. The number of hydrogen-bond acceptors (Lipinski definition) is 9. The van der Waals surface area contributed by atoms with Crippen molar-refractivity contribution in [3.8, 4) is 5.75 Å². The minimum atomic E-state index is -1.43. The summed E-state index contributed by atoms with van der Waals surface area (Å²) in [5.74, 6) is -2.47. The molecule has 0 radical (unpaired) electrons. The van der Waals surface area contributed by atoms with E-state index >= 15 is 0 Å². The summed E-state index contributed by atoms with van der Waals surface area (Å²) in [6, 6.07) is 10.7. The summed E-state index contributed by atoms with van der Waals surface area (Å²) in [6.45, 7) is 5.64. The predicted octanol–water partition coefficient (Wildman–Crippen LogP) is 0.436. The molecule has 6 N–H and O–H groups in total. The van der Waals surface area contributed by atoms with Gasteiger partial charge in [0, 0.05) is 12.0 Å². The number of aromatic nitrogens is 3. The Morgan fingerprint density at radius 2 is 1.74 bits per heavy atom. The van der Waals surface area contributed by atoms with E-state index in [2.05, 4.69) is 36.9 Å². The molecule has 0 unspecified atom stereocenters. The molecular formula is C35H44N8O7. The van der Waals surface area contributed by atoms with E-state index in [-0.39, 0.29) is 19.6 Å². The standard InChI is InChI=1S/C35H44N8O7/c1-4-8-26-32(47)40-35(13-14-35)34(49)39-29(22(3)44)33(48)38-27(17-23-9-6-5-7-10-23)31(46)36-19-25-20-43(42-41-25)15-16-50-28-18-24(30(45)37-26)12-11-21(28)2/h5-7,9-12,18,20,22,26-27,29,44H,4,8,13-17,19H2,1-3H3,(H,36,46)(H,37,45)(H,38,48)(H,39,49)(H,40,47)/t22-,26+,27+,29+/m1/s1. The molecule has 1 fully saturated rings. The van der Waals surface area contributed by atoms with E-state index in [1.807, 2.05) is 44.2 Å². The Hall–Kier alpha value is -5.31. The number of carbonyl (C=O) groups excluding carboxylic acids is 5. The zero-order chi connectivity index (χ0) is 35.8. The molecule has 0 saturated heterocycles. The summed E-state index contributed by atoms with van der Waals surface area (Å²) in [6.07, 6.45) is 1.94. The first-order chi connectivity index (χ1) is 24.0. The van der Waals surface area contributed by atoms with Crippen LogP contribution in [0.15, 0.2) is 54.7 Å². The number of nitrogens with one attached hydrogen (secondary N) is 5. The van der Waals surface area contributed by atoms with E-state index in [0.717, 1.165) is 11.1 Å². The number of amides is 5. The topological polar surface area (TPSA) is 206 Å². The maximum atomic E-state index is 13.6. The molecule has 4 atom stereocenters. The van der Waals surface area contributed by atoms with Crippen LogP contribution in [0.1, 0.15) is 66.7 Å². The monoisotopic (exact) mass is 688 g/mol. The number of aryl methyl sites for hydroxylation is 1. The summed E-state index contributed by atoms with van der Waals surface area (Å²) in [7, 11) is 0. The number of ether oxygens (including phenoxy) is 1. The van der Waals surface area contributed by atoms with Gasteiger partial charge in [0.05, 0.1) is 25.4 Å². The van der Waals surface area contributed by atoms with Crippen LogP contribution in [-0.4, -0.2) is 86.0 Å². The molecule has 2 aliphatic rings. The minimum Gasteiger partial charge on any atom is -0.491 e. The van der Waals surface area contributed by atoms with Crippen molar-refractivity contribution in [3.63, 3.8) is 0 Å². The largest absolute Gasteiger partial charge is 0.491 e. The van der Waals surface area contributed by atoms with E-state index in [0.29, 0.717) is 49.2 Å². The molecule has 1 saturated carbocycles. The van der Waals surface area contributed by atoms with Crippen LogP contribution in [0.5, 0.6) is 5.75 Å². The summed E-state index contributed by atoms with van der Waals surface area (Å²) in [4.78, 5) is 67.5. The van der Waals surface area contributed by atoms with Gasteiger partial charge in [-0.25, -0.2) is 4.68 Å². The number of rotatable bonds is 5. The molecule has 15 nitrogen and oxygen atoms in total. The minimum absolute atomic E-state index is 0.0227. The van der Waals surface area contributed by atoms with Crippen molar-refractivity contribution in [2.45, 2.75) is 95.7 Å². The van der Waals surface area contributed by atoms with Crippen molar-refractivity contribution >= 4 is 29.5 Å². The van der Waals surface area contributed by atoms with Gasteiger partial charge in [0.25, 0.3) is 5.91 Å². The zero-order valence-corrected chi connectivity index (χ0v) is 28.4. The smallest absolute Gasteiger partial charge is 0.252 e. The van der Waals surface area contributed by atoms with Crippen LogP contribution in [0.3, 0.4) is 0 Å². The highest BCUT2D eigenvalue weighted by atomic mass is 16.5. The highest BCUT2D eigenvalue weighted by Gasteiger charge is 2.53. The van der Waals surface area contributed by atoms with Gasteiger partial charge in [-0.15, -0.1) is 5.10 Å². The Morgan fingerprint density at radius 3 is 2.44 bits per heavy atom. The highest BCUT2D eigenvalue weighted by molar-refractivity contribution is 6.01. The Morgan fingerprint density at radius 1 is 0.980 bits per heavy atom. The molecule has 2 heterocycles. The second kappa shape index (κ2) is 15.9. The van der Waals surface area contributed by atoms with Crippen LogP contribution in [0, 0.1) is 6.92 Å². The number of fused-ring (bicyclic) bond motifs is 4. The molecule has 2 aromatic carbocycles. The van der Waals surface area contributed by atoms with Crippen LogP contribution in [-0.2, 0) is 38.7 Å². The average molecular weight is 689 g/mol. The third-order valence-electron chi connectivity index (χ3n) is 8.77. The Labute approximate surface area is 289 Å².